The molecule has 0 aliphatic carbocycles. The molecule has 0 aliphatic rings. The normalized spacial score (nSPS) is 9.75. The molecule has 0 aromatic rings. The first kappa shape index (κ1) is 14.9. The fourth-order valence-electron chi connectivity index (χ4n) is 1.19. The molecule has 0 saturated carbocycles. The molecule has 92 valence electrons. The third-order valence-corrected chi connectivity index (χ3v) is 2.08. The Bertz CT molecular complexity index is 212. The SMILES string of the molecule is C#CCCCCC(=O)NCCNCCOC. The summed E-state index contributed by atoms with van der Waals surface area (Å²) in [7, 11) is 1.67. The standard InChI is InChI=1S/C12H22N2O2/c1-3-4-5-6-7-12(15)14-9-8-13-10-11-16-2/h1,13H,4-11H2,2H3,(H,14,15). The lowest BCUT2D eigenvalue weighted by molar-refractivity contribution is -0.121. The van der Waals surface area contributed by atoms with Crippen LogP contribution in [-0.2, 0) is 9.53 Å². The minimum atomic E-state index is 0.102. The Balaban J connectivity index is 3.15. The molecule has 0 fully saturated rings. The van der Waals surface area contributed by atoms with Crippen LogP contribution in [0.4, 0.5) is 0 Å². The summed E-state index contributed by atoms with van der Waals surface area (Å²) < 4.78 is 4.88. The number of unbranched alkanes of at least 4 members (excludes halogenated alkanes) is 2. The van der Waals surface area contributed by atoms with E-state index in [1.165, 1.54) is 0 Å². The lowest BCUT2D eigenvalue weighted by atomic mass is 10.2. The van der Waals surface area contributed by atoms with Crippen LogP contribution in [-0.4, -0.2) is 39.3 Å². The molecule has 0 aromatic heterocycles. The van der Waals surface area contributed by atoms with Crippen molar-refractivity contribution in [3.63, 3.8) is 0 Å². The van der Waals surface area contributed by atoms with Crippen molar-refractivity contribution in [1.29, 1.82) is 0 Å². The van der Waals surface area contributed by atoms with Crippen molar-refractivity contribution in [3.8, 4) is 12.3 Å². The number of carbonyl (C=O) groups is 1. The molecule has 4 nitrogen and oxygen atoms in total. The third kappa shape index (κ3) is 11.0. The molecule has 0 atom stereocenters. The highest BCUT2D eigenvalue weighted by Crippen LogP contribution is 1.97. The van der Waals surface area contributed by atoms with Crippen molar-refractivity contribution >= 4 is 5.91 Å². The second-order valence-corrected chi connectivity index (χ2v) is 3.50. The van der Waals surface area contributed by atoms with Gasteiger partial charge in [0.25, 0.3) is 0 Å². The van der Waals surface area contributed by atoms with E-state index in [2.05, 4.69) is 16.6 Å². The summed E-state index contributed by atoms with van der Waals surface area (Å²) in [5.74, 6) is 2.66. The predicted molar refractivity (Wildman–Crippen MR) is 65.1 cm³/mol. The van der Waals surface area contributed by atoms with Gasteiger partial charge >= 0.3 is 0 Å². The van der Waals surface area contributed by atoms with Gasteiger partial charge in [0.1, 0.15) is 0 Å². The summed E-state index contributed by atoms with van der Waals surface area (Å²) in [6.45, 7) is 2.95. The number of terminal acetylenes is 1. The van der Waals surface area contributed by atoms with Gasteiger partial charge in [-0.3, -0.25) is 4.79 Å². The van der Waals surface area contributed by atoms with E-state index >= 15 is 0 Å². The predicted octanol–water partition coefficient (Wildman–Crippen LogP) is 0.532. The second-order valence-electron chi connectivity index (χ2n) is 3.50. The van der Waals surface area contributed by atoms with E-state index in [1.54, 1.807) is 7.11 Å². The molecular weight excluding hydrogens is 204 g/mol. The van der Waals surface area contributed by atoms with Crippen LogP contribution in [0.1, 0.15) is 25.7 Å². The van der Waals surface area contributed by atoms with E-state index in [-0.39, 0.29) is 5.91 Å². The van der Waals surface area contributed by atoms with Crippen LogP contribution in [0.2, 0.25) is 0 Å². The molecule has 0 heterocycles. The van der Waals surface area contributed by atoms with Gasteiger partial charge in [0.2, 0.25) is 5.91 Å². The highest BCUT2D eigenvalue weighted by molar-refractivity contribution is 5.75. The van der Waals surface area contributed by atoms with E-state index in [9.17, 15) is 4.79 Å². The van der Waals surface area contributed by atoms with E-state index < -0.39 is 0 Å². The Morgan fingerprint density at radius 3 is 2.81 bits per heavy atom. The molecule has 0 bridgehead atoms. The van der Waals surface area contributed by atoms with Gasteiger partial charge in [0, 0.05) is 39.6 Å². The molecule has 0 rings (SSSR count). The first-order valence-electron chi connectivity index (χ1n) is 5.71. The van der Waals surface area contributed by atoms with Crippen LogP contribution in [0.25, 0.3) is 0 Å². The quantitative estimate of drug-likeness (QED) is 0.422. The van der Waals surface area contributed by atoms with Gasteiger partial charge in [0.05, 0.1) is 6.61 Å². The Labute approximate surface area is 98.1 Å². The molecule has 1 amide bonds. The van der Waals surface area contributed by atoms with Gasteiger partial charge in [-0.1, -0.05) is 0 Å². The van der Waals surface area contributed by atoms with Crippen LogP contribution in [0.15, 0.2) is 0 Å². The first-order chi connectivity index (χ1) is 7.81. The third-order valence-electron chi connectivity index (χ3n) is 2.08. The highest BCUT2D eigenvalue weighted by Gasteiger charge is 1.99. The fourth-order valence-corrected chi connectivity index (χ4v) is 1.19. The van der Waals surface area contributed by atoms with Crippen LogP contribution < -0.4 is 10.6 Å². The average molecular weight is 226 g/mol. The maximum absolute atomic E-state index is 11.3. The van der Waals surface area contributed by atoms with E-state index in [0.29, 0.717) is 19.6 Å². The first-order valence-corrected chi connectivity index (χ1v) is 5.71. The Kier molecular flexibility index (Phi) is 11.2. The molecule has 2 N–H and O–H groups in total. The average Bonchev–Trinajstić information content (AvgIpc) is 2.29. The lowest BCUT2D eigenvalue weighted by Gasteiger charge is -2.06. The molecule has 0 spiro atoms. The Morgan fingerprint density at radius 1 is 1.31 bits per heavy atom. The van der Waals surface area contributed by atoms with Gasteiger partial charge in [-0.05, 0) is 12.8 Å². The molecule has 0 radical (unpaired) electrons. The molecule has 0 aromatic carbocycles. The number of carbonyl (C=O) groups excluding carboxylic acids is 1. The molecule has 0 saturated heterocycles. The number of hydrogen-bond acceptors (Lipinski definition) is 3. The maximum Gasteiger partial charge on any atom is 0.220 e. The van der Waals surface area contributed by atoms with Gasteiger partial charge < -0.3 is 15.4 Å². The molecular formula is C12H22N2O2. The van der Waals surface area contributed by atoms with E-state index in [4.69, 9.17) is 11.2 Å². The zero-order chi connectivity index (χ0) is 12.1. The van der Waals surface area contributed by atoms with Crippen molar-refractivity contribution in [1.82, 2.24) is 10.6 Å². The van der Waals surface area contributed by atoms with E-state index in [0.717, 1.165) is 32.4 Å². The zero-order valence-corrected chi connectivity index (χ0v) is 10.1. The molecule has 16 heavy (non-hydrogen) atoms. The minimum absolute atomic E-state index is 0.102. The highest BCUT2D eigenvalue weighted by atomic mass is 16.5. The summed E-state index contributed by atoms with van der Waals surface area (Å²) in [6, 6.07) is 0. The topological polar surface area (TPSA) is 50.4 Å². The minimum Gasteiger partial charge on any atom is -0.383 e. The maximum atomic E-state index is 11.3. The van der Waals surface area contributed by atoms with Crippen LogP contribution in [0.5, 0.6) is 0 Å². The van der Waals surface area contributed by atoms with Crippen molar-refractivity contribution in [2.75, 3.05) is 33.4 Å². The van der Waals surface area contributed by atoms with Crippen molar-refractivity contribution in [3.05, 3.63) is 0 Å². The monoisotopic (exact) mass is 226 g/mol. The van der Waals surface area contributed by atoms with Gasteiger partial charge in [0.15, 0.2) is 0 Å². The molecule has 0 unspecified atom stereocenters. The summed E-state index contributed by atoms with van der Waals surface area (Å²) in [6.07, 6.45) is 8.23. The number of amides is 1. The van der Waals surface area contributed by atoms with Gasteiger partial charge in [-0.25, -0.2) is 0 Å². The van der Waals surface area contributed by atoms with Crippen LogP contribution in [0.3, 0.4) is 0 Å². The number of hydrogen-bond donors (Lipinski definition) is 2. The molecule has 4 heteroatoms. The number of rotatable bonds is 10. The largest absolute Gasteiger partial charge is 0.383 e. The van der Waals surface area contributed by atoms with Crippen LogP contribution in [0, 0.1) is 12.3 Å². The Hall–Kier alpha value is -1.05. The number of nitrogens with one attached hydrogen (secondary N) is 2. The van der Waals surface area contributed by atoms with Crippen molar-refractivity contribution < 1.29 is 9.53 Å². The fraction of sp³-hybridized carbons (Fsp3) is 0.750. The second kappa shape index (κ2) is 12.0. The Morgan fingerprint density at radius 2 is 2.12 bits per heavy atom. The summed E-state index contributed by atoms with van der Waals surface area (Å²) in [4.78, 5) is 11.3. The van der Waals surface area contributed by atoms with Crippen molar-refractivity contribution in [2.45, 2.75) is 25.7 Å². The zero-order valence-electron chi connectivity index (χ0n) is 10.1. The van der Waals surface area contributed by atoms with Crippen LogP contribution >= 0.6 is 0 Å². The summed E-state index contributed by atoms with van der Waals surface area (Å²) in [5, 5.41) is 5.99. The number of methoxy groups -OCH3 is 1. The van der Waals surface area contributed by atoms with Crippen molar-refractivity contribution in [2.24, 2.45) is 0 Å². The van der Waals surface area contributed by atoms with E-state index in [1.807, 2.05) is 0 Å². The van der Waals surface area contributed by atoms with Gasteiger partial charge in [-0.2, -0.15) is 0 Å². The smallest absolute Gasteiger partial charge is 0.220 e. The lowest BCUT2D eigenvalue weighted by Crippen LogP contribution is -2.32. The number of ether oxygens (including phenoxy) is 1. The van der Waals surface area contributed by atoms with Gasteiger partial charge in [-0.15, -0.1) is 12.3 Å². The summed E-state index contributed by atoms with van der Waals surface area (Å²) >= 11 is 0. The summed E-state index contributed by atoms with van der Waals surface area (Å²) in [5.41, 5.74) is 0. The molecule has 0 aliphatic heterocycles.